The first-order valence-corrected chi connectivity index (χ1v) is 31.4. The van der Waals surface area contributed by atoms with Crippen molar-refractivity contribution < 1.29 is 47.4 Å². The summed E-state index contributed by atoms with van der Waals surface area (Å²) in [5.41, 5.74) is 12.9. The Bertz CT molecular complexity index is 3560. The number of carboxylic acids is 1. The Hall–Kier alpha value is -4.86. The zero-order valence-corrected chi connectivity index (χ0v) is 52.0. The minimum absolute atomic E-state index is 0.0153. The smallest absolute Gasteiger partial charge is 0.338 e. The molecule has 4 fully saturated rings. The lowest BCUT2D eigenvalue weighted by Crippen LogP contribution is -2.17. The maximum atomic E-state index is 11.6. The first-order valence-electron chi connectivity index (χ1n) is 27.4. The van der Waals surface area contributed by atoms with Crippen molar-refractivity contribution in [3.63, 3.8) is 0 Å². The van der Waals surface area contributed by atoms with Gasteiger partial charge < -0.3 is 43.6 Å². The quantitative estimate of drug-likeness (QED) is 0.0767. The van der Waals surface area contributed by atoms with Crippen LogP contribution in [0.2, 0.25) is 20.1 Å². The fourth-order valence-electron chi connectivity index (χ4n) is 10.4. The molecule has 22 heteroatoms. The highest BCUT2D eigenvalue weighted by atomic mass is 79.9. The maximum Gasteiger partial charge on any atom is 0.338 e. The zero-order chi connectivity index (χ0) is 57.9. The lowest BCUT2D eigenvalue weighted by molar-refractivity contribution is 0.0423. The van der Waals surface area contributed by atoms with Gasteiger partial charge in [0, 0.05) is 46.6 Å². The number of nitrogens with two attached hydrogens (primary N) is 1. The van der Waals surface area contributed by atoms with E-state index in [1.165, 1.54) is 18.4 Å². The van der Waals surface area contributed by atoms with Gasteiger partial charge in [0.2, 0.25) is 0 Å². The highest BCUT2D eigenvalue weighted by molar-refractivity contribution is 9.11. The highest BCUT2D eigenvalue weighted by Crippen LogP contribution is 2.48. The molecule has 0 bridgehead atoms. The van der Waals surface area contributed by atoms with Crippen LogP contribution >= 0.6 is 85.0 Å². The van der Waals surface area contributed by atoms with E-state index in [1.54, 1.807) is 35.6 Å². The molecule has 0 radical (unpaired) electrons. The van der Waals surface area contributed by atoms with Crippen LogP contribution in [-0.4, -0.2) is 74.9 Å². The molecular formula is C60H62BrCl4N5O10S2. The van der Waals surface area contributed by atoms with Crippen molar-refractivity contribution in [1.82, 2.24) is 20.3 Å². The van der Waals surface area contributed by atoms with E-state index < -0.39 is 5.97 Å². The number of esters is 1. The second-order valence-corrected chi connectivity index (χ2v) is 26.7. The summed E-state index contributed by atoms with van der Waals surface area (Å²) >= 11 is 32.1. The van der Waals surface area contributed by atoms with Gasteiger partial charge >= 0.3 is 11.9 Å². The Morgan fingerprint density at radius 1 is 0.683 bits per heavy atom. The molecule has 0 amide bonds. The van der Waals surface area contributed by atoms with E-state index in [2.05, 4.69) is 31.2 Å². The minimum atomic E-state index is -0.973. The average molecular weight is 1300 g/mol. The van der Waals surface area contributed by atoms with Crippen molar-refractivity contribution in [2.75, 3.05) is 7.11 Å². The predicted octanol–water partition coefficient (Wildman–Crippen LogP) is 17.1. The summed E-state index contributed by atoms with van der Waals surface area (Å²) in [4.78, 5) is 32.4. The lowest BCUT2D eigenvalue weighted by Gasteiger charge is -2.13. The van der Waals surface area contributed by atoms with Crippen molar-refractivity contribution in [3.05, 3.63) is 123 Å². The van der Waals surface area contributed by atoms with E-state index in [0.717, 1.165) is 128 Å². The van der Waals surface area contributed by atoms with E-state index in [4.69, 9.17) is 89.9 Å². The van der Waals surface area contributed by atoms with Crippen molar-refractivity contribution in [1.29, 1.82) is 0 Å². The molecule has 8 aromatic rings. The van der Waals surface area contributed by atoms with Crippen molar-refractivity contribution >= 4 is 117 Å². The number of hydrogen-bond acceptors (Lipinski definition) is 16. The van der Waals surface area contributed by atoms with Crippen LogP contribution in [0.25, 0.3) is 42.9 Å². The van der Waals surface area contributed by atoms with E-state index in [-0.39, 0.29) is 42.0 Å². The molecule has 4 heterocycles. The van der Waals surface area contributed by atoms with Crippen LogP contribution in [0.3, 0.4) is 0 Å². The summed E-state index contributed by atoms with van der Waals surface area (Å²) in [5.74, 6) is 2.83. The SMILES string of the molecule is CC(C)Oc1cc(C(=O)O)cc2sc(C[C@@H]3CCC(OCc4c(-c5c(Cl)cccc5Cl)noc4C4CC4)C3)nc12.COC(=O)c1cc(OC(C)C)c2nc(Br)sc2c1.N[C@@H]1CCC(OCc2c(-c3c(Cl)cccc3Cl)noc2C2CC2)C1. The summed E-state index contributed by atoms with van der Waals surface area (Å²) < 4.78 is 42.8. The number of rotatable bonds is 18. The van der Waals surface area contributed by atoms with Crippen molar-refractivity contribution in [2.24, 2.45) is 11.7 Å². The number of halogens is 5. The summed E-state index contributed by atoms with van der Waals surface area (Å²) in [6.07, 6.45) is 11.4. The van der Waals surface area contributed by atoms with Crippen LogP contribution < -0.4 is 15.2 Å². The number of thiazole rings is 2. The van der Waals surface area contributed by atoms with Gasteiger partial charge in [-0.15, -0.1) is 22.7 Å². The molecule has 0 aliphatic heterocycles. The minimum Gasteiger partial charge on any atom is -0.489 e. The number of ether oxygens (including phenoxy) is 5. The lowest BCUT2D eigenvalue weighted by atomic mass is 10.0. The molecule has 4 aromatic carbocycles. The Morgan fingerprint density at radius 2 is 1.17 bits per heavy atom. The molecule has 0 saturated heterocycles. The van der Waals surface area contributed by atoms with Crippen LogP contribution in [0, 0.1) is 5.92 Å². The first kappa shape index (κ1) is 60.3. The molecule has 4 aliphatic rings. The van der Waals surface area contributed by atoms with E-state index in [0.29, 0.717) is 85.1 Å². The van der Waals surface area contributed by atoms with Crippen molar-refractivity contribution in [2.45, 2.75) is 154 Å². The summed E-state index contributed by atoms with van der Waals surface area (Å²) in [6, 6.07) is 17.8. The second-order valence-electron chi connectivity index (χ2n) is 21.7. The molecule has 4 aromatic heterocycles. The standard InChI is InChI=1S/C30H30Cl2N2O5S.C18H20Cl2N2O2.C12H12BrNO3S/c1-15(2)38-23-12-18(30(35)36)13-24-28(23)33-25(40-24)11-16-6-9-19(10-16)37-14-20-27(34-39-29(20)17-7-8-17)26-21(31)4-3-5-22(26)32;19-14-2-1-3-15(20)16(14)17-13(18(24-22-17)10-4-5-10)9-23-12-7-6-11(21)8-12;1-6(2)17-8-4-7(11(15)16-3)5-9-10(8)14-12(13)18-9/h3-5,12-13,15-17,19H,6-11,14H2,1-2H3,(H,35,36);1-3,10-12H,4-9,21H2;4-6H,1-3H3/t16-,19?;11-,12?;/m11./s1. The third-order valence-electron chi connectivity index (χ3n) is 14.6. The Kier molecular flexibility index (Phi) is 19.5. The number of carbonyl (C=O) groups is 2. The fourth-order valence-corrected chi connectivity index (χ4v) is 14.1. The molecule has 4 saturated carbocycles. The molecule has 0 spiro atoms. The van der Waals surface area contributed by atoms with Gasteiger partial charge in [0.1, 0.15) is 45.4 Å². The number of hydrogen-bond donors (Lipinski definition) is 2. The molecule has 82 heavy (non-hydrogen) atoms. The summed E-state index contributed by atoms with van der Waals surface area (Å²) in [7, 11) is 1.36. The third kappa shape index (κ3) is 14.4. The number of aromatic carboxylic acids is 1. The molecule has 434 valence electrons. The third-order valence-corrected chi connectivity index (χ3v) is 18.3. The van der Waals surface area contributed by atoms with Gasteiger partial charge in [0.15, 0.2) is 3.92 Å². The number of methoxy groups -OCH3 is 1. The highest BCUT2D eigenvalue weighted by Gasteiger charge is 2.36. The van der Waals surface area contributed by atoms with Crippen LogP contribution in [0.1, 0.15) is 152 Å². The normalized spacial score (nSPS) is 18.7. The van der Waals surface area contributed by atoms with Gasteiger partial charge in [0.25, 0.3) is 0 Å². The van der Waals surface area contributed by atoms with Gasteiger partial charge in [-0.1, -0.05) is 68.8 Å². The summed E-state index contributed by atoms with van der Waals surface area (Å²) in [5, 5.41) is 21.4. The topological polar surface area (TPSA) is 204 Å². The molecule has 4 atom stereocenters. The van der Waals surface area contributed by atoms with E-state index >= 15 is 0 Å². The predicted molar refractivity (Wildman–Crippen MR) is 325 cm³/mol. The van der Waals surface area contributed by atoms with Gasteiger partial charge in [-0.05, 0) is 162 Å². The summed E-state index contributed by atoms with van der Waals surface area (Å²) in [6.45, 7) is 8.56. The Morgan fingerprint density at radius 3 is 1.66 bits per heavy atom. The molecular weight excluding hydrogens is 1240 g/mol. The maximum absolute atomic E-state index is 11.6. The Balaban J connectivity index is 0.000000152. The van der Waals surface area contributed by atoms with Crippen LogP contribution in [0.15, 0.2) is 73.6 Å². The van der Waals surface area contributed by atoms with Gasteiger partial charge in [-0.2, -0.15) is 0 Å². The van der Waals surface area contributed by atoms with Gasteiger partial charge in [-0.25, -0.2) is 19.6 Å². The van der Waals surface area contributed by atoms with E-state index in [9.17, 15) is 14.7 Å². The van der Waals surface area contributed by atoms with E-state index in [1.807, 2.05) is 64.1 Å². The van der Waals surface area contributed by atoms with Gasteiger partial charge in [-0.3, -0.25) is 0 Å². The van der Waals surface area contributed by atoms with Gasteiger partial charge in [0.05, 0.1) is 90.4 Å². The largest absolute Gasteiger partial charge is 0.489 e. The fraction of sp³-hybridized carbons (Fsp3) is 0.433. The first-order chi connectivity index (χ1) is 39.4. The molecule has 15 nitrogen and oxygen atoms in total. The monoisotopic (exact) mass is 1300 g/mol. The second kappa shape index (κ2) is 26.6. The number of carbonyl (C=O) groups excluding carboxylic acids is 1. The van der Waals surface area contributed by atoms with Crippen LogP contribution in [-0.2, 0) is 33.8 Å². The van der Waals surface area contributed by atoms with Crippen molar-refractivity contribution in [3.8, 4) is 34.0 Å². The molecule has 2 unspecified atom stereocenters. The van der Waals surface area contributed by atoms with Crippen LogP contribution in [0.4, 0.5) is 0 Å². The number of benzene rings is 4. The molecule has 12 rings (SSSR count). The average Bonchev–Trinajstić information content (AvgIpc) is 4.06. The zero-order valence-electron chi connectivity index (χ0n) is 45.8. The number of aromatic nitrogens is 4. The Labute approximate surface area is 511 Å². The number of fused-ring (bicyclic) bond motifs is 2. The van der Waals surface area contributed by atoms with Crippen LogP contribution in [0.5, 0.6) is 11.5 Å². The molecule has 4 aliphatic carbocycles. The number of carboxylic acid groups (broad SMARTS) is 1. The number of nitrogens with zero attached hydrogens (tertiary/aromatic N) is 4. The molecule has 3 N–H and O–H groups in total.